The molecule has 3 aromatic rings. The van der Waals surface area contributed by atoms with Gasteiger partial charge >= 0.3 is 0 Å². The molecular formula is C33H38N2O2. The zero-order valence-electron chi connectivity index (χ0n) is 21.7. The van der Waals surface area contributed by atoms with E-state index in [4.69, 9.17) is 0 Å². The number of ketones is 1. The zero-order valence-corrected chi connectivity index (χ0v) is 21.7. The molecule has 0 aromatic heterocycles. The van der Waals surface area contributed by atoms with Crippen molar-refractivity contribution in [1.29, 1.82) is 0 Å². The lowest BCUT2D eigenvalue weighted by molar-refractivity contribution is -0.122. The SMILES string of the molecule is O=C(CCc1cccc(C(=O)c2ccccc2)c1)NC1CCC(Cc2ccccc2)(N2CCCC2)CC1. The second-order valence-corrected chi connectivity index (χ2v) is 10.8. The summed E-state index contributed by atoms with van der Waals surface area (Å²) in [6, 6.07) is 28.2. The molecule has 1 aliphatic carbocycles. The number of carbonyl (C=O) groups is 2. The van der Waals surface area contributed by atoms with Crippen LogP contribution in [0.5, 0.6) is 0 Å². The fourth-order valence-corrected chi connectivity index (χ4v) is 6.25. The van der Waals surface area contributed by atoms with Crippen LogP contribution in [0.3, 0.4) is 0 Å². The van der Waals surface area contributed by atoms with E-state index in [2.05, 4.69) is 40.5 Å². The van der Waals surface area contributed by atoms with Gasteiger partial charge in [-0.25, -0.2) is 0 Å². The first-order valence-corrected chi connectivity index (χ1v) is 13.9. The van der Waals surface area contributed by atoms with E-state index in [0.29, 0.717) is 24.0 Å². The number of nitrogens with zero attached hydrogens (tertiary/aromatic N) is 1. The highest BCUT2D eigenvalue weighted by molar-refractivity contribution is 6.09. The van der Waals surface area contributed by atoms with Crippen LogP contribution in [0.15, 0.2) is 84.9 Å². The molecule has 0 spiro atoms. The van der Waals surface area contributed by atoms with Crippen molar-refractivity contribution in [2.24, 2.45) is 0 Å². The van der Waals surface area contributed by atoms with Crippen LogP contribution in [0.25, 0.3) is 0 Å². The minimum atomic E-state index is 0.0195. The Bertz CT molecular complexity index is 1180. The van der Waals surface area contributed by atoms with Crippen molar-refractivity contribution in [3.05, 3.63) is 107 Å². The highest BCUT2D eigenvalue weighted by atomic mass is 16.1. The fraction of sp³-hybridized carbons (Fsp3) is 0.394. The first-order valence-electron chi connectivity index (χ1n) is 13.9. The summed E-state index contributed by atoms with van der Waals surface area (Å²) in [5, 5.41) is 3.32. The third kappa shape index (κ3) is 6.37. The summed E-state index contributed by atoms with van der Waals surface area (Å²) < 4.78 is 0. The summed E-state index contributed by atoms with van der Waals surface area (Å²) in [6.45, 7) is 2.41. The monoisotopic (exact) mass is 494 g/mol. The highest BCUT2D eigenvalue weighted by Gasteiger charge is 2.41. The summed E-state index contributed by atoms with van der Waals surface area (Å²) in [6.07, 6.45) is 9.14. The van der Waals surface area contributed by atoms with E-state index in [9.17, 15) is 9.59 Å². The predicted octanol–water partition coefficient (Wildman–Crippen LogP) is 5.99. The Hall–Kier alpha value is -3.24. The molecule has 192 valence electrons. The molecule has 0 bridgehead atoms. The predicted molar refractivity (Wildman–Crippen MR) is 149 cm³/mol. The molecule has 1 N–H and O–H groups in total. The first-order chi connectivity index (χ1) is 18.1. The van der Waals surface area contributed by atoms with Gasteiger partial charge in [-0.2, -0.15) is 0 Å². The highest BCUT2D eigenvalue weighted by Crippen LogP contribution is 2.38. The molecule has 1 saturated heterocycles. The molecule has 1 amide bonds. The Labute approximate surface area is 221 Å². The third-order valence-electron chi connectivity index (χ3n) is 8.30. The maximum Gasteiger partial charge on any atom is 0.220 e. The minimum Gasteiger partial charge on any atom is -0.353 e. The molecule has 0 atom stereocenters. The molecule has 3 aromatic carbocycles. The number of nitrogens with one attached hydrogen (secondary N) is 1. The van der Waals surface area contributed by atoms with Gasteiger partial charge in [0.1, 0.15) is 0 Å². The van der Waals surface area contributed by atoms with E-state index in [1.165, 1.54) is 31.5 Å². The van der Waals surface area contributed by atoms with Gasteiger partial charge in [-0.15, -0.1) is 0 Å². The number of likely N-dealkylation sites (tertiary alicyclic amines) is 1. The lowest BCUT2D eigenvalue weighted by atomic mass is 9.74. The van der Waals surface area contributed by atoms with Crippen molar-refractivity contribution >= 4 is 11.7 Å². The quantitative estimate of drug-likeness (QED) is 0.372. The summed E-state index contributed by atoms with van der Waals surface area (Å²) in [7, 11) is 0. The fourth-order valence-electron chi connectivity index (χ4n) is 6.25. The molecule has 37 heavy (non-hydrogen) atoms. The second-order valence-electron chi connectivity index (χ2n) is 10.8. The van der Waals surface area contributed by atoms with Crippen molar-refractivity contribution in [2.45, 2.75) is 69.4 Å². The van der Waals surface area contributed by atoms with Crippen LogP contribution in [0, 0.1) is 0 Å². The molecule has 4 heteroatoms. The maximum atomic E-state index is 12.8. The Kier molecular flexibility index (Phi) is 8.15. The number of hydrogen-bond donors (Lipinski definition) is 1. The summed E-state index contributed by atoms with van der Waals surface area (Å²) in [5.74, 6) is 0.132. The Balaban J connectivity index is 1.14. The smallest absolute Gasteiger partial charge is 0.220 e. The second kappa shape index (κ2) is 11.9. The van der Waals surface area contributed by atoms with E-state index in [1.807, 2.05) is 54.6 Å². The average molecular weight is 495 g/mol. The molecule has 4 nitrogen and oxygen atoms in total. The van der Waals surface area contributed by atoms with Crippen LogP contribution in [0.4, 0.5) is 0 Å². The number of benzene rings is 3. The Morgan fingerprint density at radius 1 is 0.784 bits per heavy atom. The molecule has 0 unspecified atom stereocenters. The summed E-state index contributed by atoms with van der Waals surface area (Å²) >= 11 is 0. The molecular weight excluding hydrogens is 456 g/mol. The molecule has 1 heterocycles. The third-order valence-corrected chi connectivity index (χ3v) is 8.30. The molecule has 2 aliphatic rings. The van der Waals surface area contributed by atoms with Crippen LogP contribution >= 0.6 is 0 Å². The lowest BCUT2D eigenvalue weighted by Crippen LogP contribution is -2.54. The van der Waals surface area contributed by atoms with E-state index in [-0.39, 0.29) is 23.3 Å². The van der Waals surface area contributed by atoms with Crippen molar-refractivity contribution in [3.8, 4) is 0 Å². The largest absolute Gasteiger partial charge is 0.353 e. The number of rotatable bonds is 9. The van der Waals surface area contributed by atoms with Gasteiger partial charge in [0.2, 0.25) is 5.91 Å². The van der Waals surface area contributed by atoms with Crippen molar-refractivity contribution in [1.82, 2.24) is 10.2 Å². The molecule has 2 fully saturated rings. The van der Waals surface area contributed by atoms with Gasteiger partial charge < -0.3 is 5.32 Å². The molecule has 0 radical (unpaired) electrons. The first kappa shape index (κ1) is 25.4. The Morgan fingerprint density at radius 3 is 2.11 bits per heavy atom. The van der Waals surface area contributed by atoms with Crippen LogP contribution < -0.4 is 5.32 Å². The van der Waals surface area contributed by atoms with E-state index < -0.39 is 0 Å². The topological polar surface area (TPSA) is 49.4 Å². The van der Waals surface area contributed by atoms with Gasteiger partial charge in [-0.05, 0) is 81.6 Å². The van der Waals surface area contributed by atoms with Gasteiger partial charge in [0.15, 0.2) is 5.78 Å². The normalized spacial score (nSPS) is 22.0. The van der Waals surface area contributed by atoms with Gasteiger partial charge in [-0.1, -0.05) is 78.9 Å². The average Bonchev–Trinajstić information content (AvgIpc) is 3.50. The van der Waals surface area contributed by atoms with Crippen LogP contribution in [0.1, 0.15) is 72.0 Å². The Morgan fingerprint density at radius 2 is 1.41 bits per heavy atom. The lowest BCUT2D eigenvalue weighted by Gasteiger charge is -2.47. The van der Waals surface area contributed by atoms with Crippen LogP contribution in [0.2, 0.25) is 0 Å². The zero-order chi connectivity index (χ0) is 25.5. The number of amides is 1. The van der Waals surface area contributed by atoms with Gasteiger partial charge in [0.05, 0.1) is 0 Å². The summed E-state index contributed by atoms with van der Waals surface area (Å²) in [5.41, 5.74) is 4.03. The van der Waals surface area contributed by atoms with E-state index in [1.54, 1.807) is 0 Å². The molecule has 1 aliphatic heterocycles. The van der Waals surface area contributed by atoms with Gasteiger partial charge in [0.25, 0.3) is 0 Å². The van der Waals surface area contributed by atoms with E-state index in [0.717, 1.165) is 37.7 Å². The van der Waals surface area contributed by atoms with E-state index >= 15 is 0 Å². The minimum absolute atomic E-state index is 0.0195. The standard InChI is InChI=1S/C33H38N2O2/c36-31(17-16-26-12-9-15-29(24-26)32(37)28-13-5-2-6-14-28)34-30-18-20-33(21-19-30,35-22-7-8-23-35)25-27-10-3-1-4-11-27/h1-6,9-15,24,30H,7-8,16-23,25H2,(H,34,36). The maximum absolute atomic E-state index is 12.8. The van der Waals surface area contributed by atoms with Crippen LogP contribution in [-0.2, 0) is 17.6 Å². The van der Waals surface area contributed by atoms with Crippen molar-refractivity contribution in [2.75, 3.05) is 13.1 Å². The van der Waals surface area contributed by atoms with Crippen molar-refractivity contribution < 1.29 is 9.59 Å². The summed E-state index contributed by atoms with van der Waals surface area (Å²) in [4.78, 5) is 28.4. The van der Waals surface area contributed by atoms with Crippen molar-refractivity contribution in [3.63, 3.8) is 0 Å². The van der Waals surface area contributed by atoms with Crippen LogP contribution in [-0.4, -0.2) is 41.3 Å². The molecule has 1 saturated carbocycles. The van der Waals surface area contributed by atoms with Gasteiger partial charge in [0, 0.05) is 29.1 Å². The number of hydrogen-bond acceptors (Lipinski definition) is 3. The number of carbonyl (C=O) groups excluding carboxylic acids is 2. The molecule has 5 rings (SSSR count). The number of aryl methyl sites for hydroxylation is 1. The van der Waals surface area contributed by atoms with Gasteiger partial charge in [-0.3, -0.25) is 14.5 Å².